The van der Waals surface area contributed by atoms with Crippen molar-refractivity contribution in [3.05, 3.63) is 59.9 Å². The number of carbonyl (C=O) groups excluding carboxylic acids is 4. The summed E-state index contributed by atoms with van der Waals surface area (Å²) in [5.41, 5.74) is 0.786. The predicted octanol–water partition coefficient (Wildman–Crippen LogP) is 2.15. The number of hydrogen-bond donors (Lipinski definition) is 0. The fourth-order valence-corrected chi connectivity index (χ4v) is 6.76. The maximum atomic E-state index is 13.4. The van der Waals surface area contributed by atoms with E-state index in [-0.39, 0.29) is 29.5 Å². The third-order valence-corrected chi connectivity index (χ3v) is 8.95. The Labute approximate surface area is 224 Å². The second kappa shape index (κ2) is 12.0. The summed E-state index contributed by atoms with van der Waals surface area (Å²) >= 11 is 0.949. The minimum Gasteiger partial charge on any atom is -0.465 e. The van der Waals surface area contributed by atoms with Crippen LogP contribution in [0.3, 0.4) is 0 Å². The van der Waals surface area contributed by atoms with Crippen LogP contribution in [0.15, 0.2) is 53.4 Å². The van der Waals surface area contributed by atoms with E-state index in [1.165, 1.54) is 45.2 Å². The Morgan fingerprint density at radius 2 is 1.66 bits per heavy atom. The number of anilines is 1. The van der Waals surface area contributed by atoms with Gasteiger partial charge in [-0.05, 0) is 55.0 Å². The largest absolute Gasteiger partial charge is 0.465 e. The summed E-state index contributed by atoms with van der Waals surface area (Å²) < 4.78 is 45.8. The molecular formula is C25H28FN3O7S2. The third-order valence-electron chi connectivity index (χ3n) is 6.05. The molecule has 0 N–H and O–H groups in total. The molecular weight excluding hydrogens is 537 g/mol. The van der Waals surface area contributed by atoms with Crippen LogP contribution in [-0.4, -0.2) is 86.1 Å². The molecule has 1 aliphatic rings. The van der Waals surface area contributed by atoms with Crippen molar-refractivity contribution in [3.63, 3.8) is 0 Å². The predicted molar refractivity (Wildman–Crippen MR) is 140 cm³/mol. The molecule has 204 valence electrons. The minimum absolute atomic E-state index is 0.0763. The SMILES string of the molecule is COC(=O)c1ccc(N(C)C(=O)CN(C)C(=O)[C@@H]2C[C@@H](SC(C)=O)CN2S(=O)(=O)c2ccc(F)cc2)cc1. The summed E-state index contributed by atoms with van der Waals surface area (Å²) in [6.45, 7) is 0.922. The van der Waals surface area contributed by atoms with E-state index in [0.29, 0.717) is 11.3 Å². The van der Waals surface area contributed by atoms with Crippen molar-refractivity contribution < 1.29 is 36.7 Å². The van der Waals surface area contributed by atoms with E-state index in [4.69, 9.17) is 0 Å². The Balaban J connectivity index is 1.78. The number of likely N-dealkylation sites (N-methyl/N-ethyl adjacent to an activating group) is 2. The van der Waals surface area contributed by atoms with Crippen LogP contribution in [0.5, 0.6) is 0 Å². The van der Waals surface area contributed by atoms with Crippen LogP contribution >= 0.6 is 11.8 Å². The van der Waals surface area contributed by atoms with E-state index in [0.717, 1.165) is 45.2 Å². The summed E-state index contributed by atoms with van der Waals surface area (Å²) in [5.74, 6) is -2.18. The molecule has 0 spiro atoms. The lowest BCUT2D eigenvalue weighted by Crippen LogP contribution is -2.49. The van der Waals surface area contributed by atoms with Crippen LogP contribution in [0.1, 0.15) is 23.7 Å². The first-order chi connectivity index (χ1) is 17.8. The molecule has 0 saturated carbocycles. The van der Waals surface area contributed by atoms with Crippen molar-refractivity contribution in [2.75, 3.05) is 39.2 Å². The molecule has 38 heavy (non-hydrogen) atoms. The molecule has 10 nitrogen and oxygen atoms in total. The number of carbonyl (C=O) groups is 4. The van der Waals surface area contributed by atoms with Gasteiger partial charge in [0, 0.05) is 38.5 Å². The quantitative estimate of drug-likeness (QED) is 0.447. The second-order valence-corrected chi connectivity index (χ2v) is 12.1. The second-order valence-electron chi connectivity index (χ2n) is 8.70. The normalized spacial score (nSPS) is 17.6. The first kappa shape index (κ1) is 29.3. The van der Waals surface area contributed by atoms with Gasteiger partial charge in [0.1, 0.15) is 11.9 Å². The van der Waals surface area contributed by atoms with Gasteiger partial charge in [0.05, 0.1) is 24.1 Å². The molecule has 0 aliphatic carbocycles. The summed E-state index contributed by atoms with van der Waals surface area (Å²) in [6.07, 6.45) is 0.0763. The van der Waals surface area contributed by atoms with E-state index in [1.54, 1.807) is 12.1 Å². The monoisotopic (exact) mass is 565 g/mol. The number of benzene rings is 2. The van der Waals surface area contributed by atoms with E-state index in [2.05, 4.69) is 4.74 Å². The fraction of sp³-hybridized carbons (Fsp3) is 0.360. The molecule has 1 fully saturated rings. The van der Waals surface area contributed by atoms with Crippen LogP contribution in [0.25, 0.3) is 0 Å². The standard InChI is InChI=1S/C25H28FN3O7S2/c1-16(30)37-20-13-22(29(14-20)38(34,35)21-11-7-18(26)8-12-21)24(32)27(2)15-23(31)28(3)19-9-5-17(6-10-19)25(33)36-4/h5-12,20,22H,13-15H2,1-4H3/t20-,22+/m1/s1. The van der Waals surface area contributed by atoms with Gasteiger partial charge < -0.3 is 14.5 Å². The maximum Gasteiger partial charge on any atom is 0.337 e. The van der Waals surface area contributed by atoms with Gasteiger partial charge in [-0.1, -0.05) is 11.8 Å². The number of thioether (sulfide) groups is 1. The van der Waals surface area contributed by atoms with Crippen molar-refractivity contribution in [3.8, 4) is 0 Å². The Hall–Kier alpha value is -3.29. The topological polar surface area (TPSA) is 121 Å². The van der Waals surface area contributed by atoms with Crippen LogP contribution in [-0.2, 0) is 29.1 Å². The Morgan fingerprint density at radius 1 is 1.05 bits per heavy atom. The summed E-state index contributed by atoms with van der Waals surface area (Å²) in [5, 5.41) is -0.678. The third kappa shape index (κ3) is 6.58. The highest BCUT2D eigenvalue weighted by Crippen LogP contribution is 2.33. The average Bonchev–Trinajstić information content (AvgIpc) is 3.31. The smallest absolute Gasteiger partial charge is 0.337 e. The van der Waals surface area contributed by atoms with Gasteiger partial charge in [-0.25, -0.2) is 17.6 Å². The van der Waals surface area contributed by atoms with E-state index in [1.807, 2.05) is 0 Å². The molecule has 0 unspecified atom stereocenters. The van der Waals surface area contributed by atoms with Crippen LogP contribution in [0.4, 0.5) is 10.1 Å². The number of rotatable bonds is 8. The number of esters is 1. The minimum atomic E-state index is -4.19. The number of halogens is 1. The van der Waals surface area contributed by atoms with Crippen molar-refractivity contribution in [2.45, 2.75) is 29.5 Å². The van der Waals surface area contributed by atoms with Gasteiger partial charge in [0.2, 0.25) is 21.8 Å². The zero-order valence-electron chi connectivity index (χ0n) is 21.3. The Bertz CT molecular complexity index is 1320. The molecule has 2 aromatic carbocycles. The van der Waals surface area contributed by atoms with Gasteiger partial charge in [0.25, 0.3) is 0 Å². The van der Waals surface area contributed by atoms with Crippen LogP contribution in [0, 0.1) is 5.82 Å². The molecule has 1 aliphatic heterocycles. The molecule has 3 rings (SSSR count). The number of ether oxygens (including phenoxy) is 1. The zero-order valence-corrected chi connectivity index (χ0v) is 22.9. The summed E-state index contributed by atoms with van der Waals surface area (Å²) in [4.78, 5) is 51.9. The molecule has 2 atom stereocenters. The highest BCUT2D eigenvalue weighted by atomic mass is 32.2. The Morgan fingerprint density at radius 3 is 2.21 bits per heavy atom. The lowest BCUT2D eigenvalue weighted by atomic mass is 10.2. The van der Waals surface area contributed by atoms with E-state index >= 15 is 0 Å². The Kier molecular flexibility index (Phi) is 9.28. The molecule has 2 amide bonds. The number of methoxy groups -OCH3 is 1. The van der Waals surface area contributed by atoms with Gasteiger partial charge in [-0.3, -0.25) is 14.4 Å². The van der Waals surface area contributed by atoms with Crippen molar-refractivity contribution >= 4 is 50.4 Å². The van der Waals surface area contributed by atoms with Crippen LogP contribution < -0.4 is 4.90 Å². The van der Waals surface area contributed by atoms with Crippen molar-refractivity contribution in [1.82, 2.24) is 9.21 Å². The van der Waals surface area contributed by atoms with Gasteiger partial charge in [-0.2, -0.15) is 4.31 Å². The summed E-state index contributed by atoms with van der Waals surface area (Å²) in [7, 11) is -0.0320. The molecule has 0 radical (unpaired) electrons. The molecule has 0 aromatic heterocycles. The first-order valence-corrected chi connectivity index (χ1v) is 13.8. The van der Waals surface area contributed by atoms with Crippen LogP contribution in [0.2, 0.25) is 0 Å². The lowest BCUT2D eigenvalue weighted by Gasteiger charge is -2.28. The number of hydrogen-bond acceptors (Lipinski definition) is 8. The summed E-state index contributed by atoms with van der Waals surface area (Å²) in [6, 6.07) is 9.24. The van der Waals surface area contributed by atoms with Gasteiger partial charge in [0.15, 0.2) is 5.12 Å². The lowest BCUT2D eigenvalue weighted by molar-refractivity contribution is -0.136. The zero-order chi connectivity index (χ0) is 28.2. The molecule has 13 heteroatoms. The van der Waals surface area contributed by atoms with Gasteiger partial charge >= 0.3 is 5.97 Å². The van der Waals surface area contributed by atoms with E-state index < -0.39 is 44.9 Å². The molecule has 1 saturated heterocycles. The highest BCUT2D eigenvalue weighted by Gasteiger charge is 2.45. The van der Waals surface area contributed by atoms with Gasteiger partial charge in [-0.15, -0.1) is 0 Å². The number of amides is 2. The highest BCUT2D eigenvalue weighted by molar-refractivity contribution is 8.14. The van der Waals surface area contributed by atoms with E-state index in [9.17, 15) is 32.0 Å². The fourth-order valence-electron chi connectivity index (χ4n) is 4.04. The maximum absolute atomic E-state index is 13.4. The van der Waals surface area contributed by atoms with Crippen molar-refractivity contribution in [1.29, 1.82) is 0 Å². The van der Waals surface area contributed by atoms with Crippen molar-refractivity contribution in [2.24, 2.45) is 0 Å². The molecule has 0 bridgehead atoms. The average molecular weight is 566 g/mol. The number of sulfonamides is 1. The molecule has 1 heterocycles. The molecule has 2 aromatic rings. The number of nitrogens with zero attached hydrogens (tertiary/aromatic N) is 3. The first-order valence-electron chi connectivity index (χ1n) is 11.5.